The van der Waals surface area contributed by atoms with Gasteiger partial charge in [-0.15, -0.1) is 0 Å². The Bertz CT molecular complexity index is 298. The molecule has 0 bridgehead atoms. The number of thioether (sulfide) groups is 1. The summed E-state index contributed by atoms with van der Waals surface area (Å²) in [5, 5.41) is 2.88. The molecule has 0 aliphatic heterocycles. The molecule has 0 fully saturated rings. The first-order chi connectivity index (χ1) is 6.51. The molecule has 1 aromatic rings. The third-order valence-electron chi connectivity index (χ3n) is 1.51. The molecule has 1 nitrogen and oxygen atoms in total. The molecule has 0 saturated heterocycles. The van der Waals surface area contributed by atoms with Gasteiger partial charge in [0.05, 0.1) is 0 Å². The van der Waals surface area contributed by atoms with Gasteiger partial charge in [0.25, 0.3) is 0 Å². The van der Waals surface area contributed by atoms with Crippen LogP contribution in [0, 0.1) is 0 Å². The molecular weight excluding hydrogens is 211 g/mol. The minimum absolute atomic E-state index is 0.0870. The van der Waals surface area contributed by atoms with Crippen molar-refractivity contribution in [2.45, 2.75) is 16.9 Å². The van der Waals surface area contributed by atoms with Gasteiger partial charge in [0.15, 0.2) is 0 Å². The second-order valence-electron chi connectivity index (χ2n) is 2.73. The summed E-state index contributed by atoms with van der Waals surface area (Å²) in [4.78, 5) is 0.227. The van der Waals surface area contributed by atoms with Crippen LogP contribution in [0.15, 0.2) is 29.2 Å². The summed E-state index contributed by atoms with van der Waals surface area (Å²) < 4.78 is 36.0. The van der Waals surface area contributed by atoms with Crippen LogP contribution < -0.4 is 5.32 Å². The highest BCUT2D eigenvalue weighted by Crippen LogP contribution is 2.36. The molecule has 0 radical (unpaired) electrons. The van der Waals surface area contributed by atoms with E-state index in [1.807, 2.05) is 0 Å². The van der Waals surface area contributed by atoms with E-state index < -0.39 is 5.51 Å². The average Bonchev–Trinajstić information content (AvgIpc) is 2.02. The van der Waals surface area contributed by atoms with E-state index in [2.05, 4.69) is 5.32 Å². The molecule has 0 atom stereocenters. The molecule has 0 heterocycles. The fourth-order valence-corrected chi connectivity index (χ4v) is 1.68. The van der Waals surface area contributed by atoms with E-state index in [4.69, 9.17) is 0 Å². The average molecular weight is 221 g/mol. The number of alkyl halides is 3. The smallest absolute Gasteiger partial charge is 0.316 e. The Morgan fingerprint density at radius 3 is 2.64 bits per heavy atom. The van der Waals surface area contributed by atoms with E-state index in [1.54, 1.807) is 19.2 Å². The molecular formula is C9H10F3NS. The van der Waals surface area contributed by atoms with Gasteiger partial charge in [-0.05, 0) is 36.5 Å². The van der Waals surface area contributed by atoms with Crippen LogP contribution in [-0.4, -0.2) is 12.6 Å². The highest BCUT2D eigenvalue weighted by atomic mass is 32.2. The monoisotopic (exact) mass is 221 g/mol. The van der Waals surface area contributed by atoms with Crippen molar-refractivity contribution in [3.63, 3.8) is 0 Å². The third-order valence-corrected chi connectivity index (χ3v) is 2.23. The maximum atomic E-state index is 12.0. The van der Waals surface area contributed by atoms with Gasteiger partial charge in [0.1, 0.15) is 0 Å². The number of halogens is 3. The zero-order valence-electron chi connectivity index (χ0n) is 7.56. The van der Waals surface area contributed by atoms with Gasteiger partial charge in [-0.3, -0.25) is 0 Å². The molecule has 0 saturated carbocycles. The lowest BCUT2D eigenvalue weighted by Crippen LogP contribution is -2.05. The summed E-state index contributed by atoms with van der Waals surface area (Å²) in [7, 11) is 1.75. The maximum absolute atomic E-state index is 12.0. The zero-order valence-corrected chi connectivity index (χ0v) is 8.38. The van der Waals surface area contributed by atoms with Crippen molar-refractivity contribution in [1.82, 2.24) is 5.32 Å². The topological polar surface area (TPSA) is 12.0 Å². The van der Waals surface area contributed by atoms with E-state index in [-0.39, 0.29) is 16.7 Å². The summed E-state index contributed by atoms with van der Waals surface area (Å²) in [5.74, 6) is 0. The largest absolute Gasteiger partial charge is 0.446 e. The van der Waals surface area contributed by atoms with Crippen LogP contribution in [0.2, 0.25) is 0 Å². The van der Waals surface area contributed by atoms with Crippen molar-refractivity contribution in [2.75, 3.05) is 7.05 Å². The summed E-state index contributed by atoms with van der Waals surface area (Å²) >= 11 is -0.0870. The van der Waals surface area contributed by atoms with Crippen molar-refractivity contribution in [1.29, 1.82) is 0 Å². The SMILES string of the molecule is CNCc1cccc(SC(F)(F)F)c1. The Morgan fingerprint density at radius 1 is 1.36 bits per heavy atom. The molecule has 1 aromatic carbocycles. The lowest BCUT2D eigenvalue weighted by molar-refractivity contribution is -0.0328. The van der Waals surface area contributed by atoms with Gasteiger partial charge in [-0.25, -0.2) is 0 Å². The molecule has 1 N–H and O–H groups in total. The maximum Gasteiger partial charge on any atom is 0.446 e. The van der Waals surface area contributed by atoms with Crippen molar-refractivity contribution in [3.8, 4) is 0 Å². The van der Waals surface area contributed by atoms with Crippen LogP contribution in [0.1, 0.15) is 5.56 Å². The number of hydrogen-bond acceptors (Lipinski definition) is 2. The third kappa shape index (κ3) is 4.02. The summed E-state index contributed by atoms with van der Waals surface area (Å²) in [5.41, 5.74) is -3.36. The molecule has 0 aliphatic carbocycles. The Hall–Kier alpha value is -0.680. The first-order valence-corrected chi connectivity index (χ1v) is 4.82. The molecule has 0 amide bonds. The van der Waals surface area contributed by atoms with Crippen LogP contribution >= 0.6 is 11.8 Å². The van der Waals surface area contributed by atoms with Gasteiger partial charge in [0, 0.05) is 11.4 Å². The number of benzene rings is 1. The fraction of sp³-hybridized carbons (Fsp3) is 0.333. The van der Waals surface area contributed by atoms with Crippen LogP contribution in [0.25, 0.3) is 0 Å². The van der Waals surface area contributed by atoms with Gasteiger partial charge in [-0.2, -0.15) is 13.2 Å². The Balaban J connectivity index is 2.73. The minimum atomic E-state index is -4.21. The fourth-order valence-electron chi connectivity index (χ4n) is 1.06. The van der Waals surface area contributed by atoms with E-state index in [0.717, 1.165) is 5.56 Å². The van der Waals surface area contributed by atoms with Gasteiger partial charge >= 0.3 is 5.51 Å². The highest BCUT2D eigenvalue weighted by molar-refractivity contribution is 8.00. The molecule has 0 aliphatic rings. The molecule has 5 heteroatoms. The second-order valence-corrected chi connectivity index (χ2v) is 3.86. The summed E-state index contributed by atoms with van der Waals surface area (Å²) in [6.45, 7) is 0.576. The van der Waals surface area contributed by atoms with Crippen molar-refractivity contribution < 1.29 is 13.2 Å². The quantitative estimate of drug-likeness (QED) is 0.787. The predicted molar refractivity (Wildman–Crippen MR) is 51.1 cm³/mol. The first-order valence-electron chi connectivity index (χ1n) is 4.00. The van der Waals surface area contributed by atoms with Gasteiger partial charge in [0.2, 0.25) is 0 Å². The van der Waals surface area contributed by atoms with Crippen LogP contribution in [-0.2, 0) is 6.54 Å². The van der Waals surface area contributed by atoms with E-state index in [9.17, 15) is 13.2 Å². The number of rotatable bonds is 3. The van der Waals surface area contributed by atoms with Crippen LogP contribution in [0.5, 0.6) is 0 Å². The summed E-state index contributed by atoms with van der Waals surface area (Å²) in [6.07, 6.45) is 0. The Kier molecular flexibility index (Phi) is 3.83. The van der Waals surface area contributed by atoms with Crippen molar-refractivity contribution in [3.05, 3.63) is 29.8 Å². The van der Waals surface area contributed by atoms with Crippen LogP contribution in [0.4, 0.5) is 13.2 Å². The number of hydrogen-bond donors (Lipinski definition) is 1. The normalized spacial score (nSPS) is 11.7. The minimum Gasteiger partial charge on any atom is -0.316 e. The second kappa shape index (κ2) is 4.70. The van der Waals surface area contributed by atoms with E-state index >= 15 is 0 Å². The highest BCUT2D eigenvalue weighted by Gasteiger charge is 2.29. The molecule has 0 unspecified atom stereocenters. The van der Waals surface area contributed by atoms with Crippen molar-refractivity contribution >= 4 is 11.8 Å². The lowest BCUT2D eigenvalue weighted by atomic mass is 10.2. The van der Waals surface area contributed by atoms with Gasteiger partial charge in [-0.1, -0.05) is 12.1 Å². The summed E-state index contributed by atoms with van der Waals surface area (Å²) in [6, 6.07) is 6.41. The molecule has 78 valence electrons. The van der Waals surface area contributed by atoms with E-state index in [1.165, 1.54) is 12.1 Å². The Labute approximate surface area is 84.7 Å². The Morgan fingerprint density at radius 2 is 2.07 bits per heavy atom. The van der Waals surface area contributed by atoms with E-state index in [0.29, 0.717) is 6.54 Å². The van der Waals surface area contributed by atoms with Gasteiger partial charge < -0.3 is 5.32 Å². The van der Waals surface area contributed by atoms with Crippen molar-refractivity contribution in [2.24, 2.45) is 0 Å². The first kappa shape index (κ1) is 11.4. The molecule has 0 spiro atoms. The zero-order chi connectivity index (χ0) is 10.6. The lowest BCUT2D eigenvalue weighted by Gasteiger charge is -2.06. The molecule has 0 aromatic heterocycles. The standard InChI is InChI=1S/C9H10F3NS/c1-13-6-7-3-2-4-8(5-7)14-9(10,11)12/h2-5,13H,6H2,1H3. The number of nitrogens with one attached hydrogen (secondary N) is 1. The molecule has 1 rings (SSSR count). The van der Waals surface area contributed by atoms with Crippen LogP contribution in [0.3, 0.4) is 0 Å². The molecule has 14 heavy (non-hydrogen) atoms. The predicted octanol–water partition coefficient (Wildman–Crippen LogP) is 3.02.